The van der Waals surface area contributed by atoms with Crippen LogP contribution in [-0.2, 0) is 4.79 Å². The lowest BCUT2D eigenvalue weighted by molar-refractivity contribution is -0.139. The van der Waals surface area contributed by atoms with Crippen molar-refractivity contribution in [3.05, 3.63) is 0 Å². The zero-order chi connectivity index (χ0) is 7.94. The molecule has 0 amide bonds. The van der Waals surface area contributed by atoms with Crippen LogP contribution in [0.25, 0.3) is 0 Å². The number of carbonyl (C=O) groups is 1. The molecular weight excluding hydrogens is 130 g/mol. The monoisotopic (exact) mass is 143 g/mol. The number of rotatable bonds is 2. The minimum atomic E-state index is -0.708. The summed E-state index contributed by atoms with van der Waals surface area (Å²) >= 11 is 0. The number of nitrogens with two attached hydrogens (primary N) is 1. The molecule has 2 atom stereocenters. The lowest BCUT2D eigenvalue weighted by Crippen LogP contribution is -2.07. The lowest BCUT2D eigenvalue weighted by atomic mass is 10.1. The van der Waals surface area contributed by atoms with Crippen molar-refractivity contribution in [1.29, 1.82) is 0 Å². The van der Waals surface area contributed by atoms with Gasteiger partial charge in [-0.1, -0.05) is 13.8 Å². The molecule has 0 aromatic rings. The maximum absolute atomic E-state index is 10.5. The summed E-state index contributed by atoms with van der Waals surface area (Å²) in [7, 11) is 0. The second-order valence-electron chi connectivity index (χ2n) is 3.48. The van der Waals surface area contributed by atoms with E-state index in [9.17, 15) is 4.79 Å². The van der Waals surface area contributed by atoms with Crippen molar-refractivity contribution in [3.63, 3.8) is 0 Å². The van der Waals surface area contributed by atoms with Gasteiger partial charge in [-0.05, 0) is 17.9 Å². The minimum absolute atomic E-state index is 0.0689. The van der Waals surface area contributed by atoms with E-state index in [1.54, 1.807) is 0 Å². The predicted molar refractivity (Wildman–Crippen MR) is 37.5 cm³/mol. The first-order chi connectivity index (χ1) is 4.51. The second kappa shape index (κ2) is 1.95. The highest BCUT2D eigenvalue weighted by molar-refractivity contribution is 5.75. The van der Waals surface area contributed by atoms with Gasteiger partial charge in [-0.25, -0.2) is 0 Å². The van der Waals surface area contributed by atoms with Gasteiger partial charge in [0.1, 0.15) is 0 Å². The van der Waals surface area contributed by atoms with Crippen LogP contribution in [0.3, 0.4) is 0 Å². The predicted octanol–water partition coefficient (Wildman–Crippen LogP) is 0.302. The second-order valence-corrected chi connectivity index (χ2v) is 3.48. The summed E-state index contributed by atoms with van der Waals surface area (Å²) in [6.07, 6.45) is 0. The molecule has 3 nitrogen and oxygen atoms in total. The Morgan fingerprint density at radius 2 is 2.20 bits per heavy atom. The number of hydrogen-bond acceptors (Lipinski definition) is 2. The van der Waals surface area contributed by atoms with E-state index in [4.69, 9.17) is 10.8 Å². The first-order valence-electron chi connectivity index (χ1n) is 3.44. The van der Waals surface area contributed by atoms with Crippen molar-refractivity contribution >= 4 is 5.97 Å². The van der Waals surface area contributed by atoms with Crippen LogP contribution < -0.4 is 5.73 Å². The molecule has 3 heteroatoms. The molecule has 0 aromatic carbocycles. The molecule has 1 aliphatic carbocycles. The van der Waals surface area contributed by atoms with Crippen LogP contribution in [0.1, 0.15) is 13.8 Å². The standard InChI is InChI=1S/C7H13NO2/c1-7(2)4(3-8)5(7)6(9)10/h4-5H,3,8H2,1-2H3,(H,9,10). The van der Waals surface area contributed by atoms with E-state index in [-0.39, 0.29) is 17.3 Å². The minimum Gasteiger partial charge on any atom is -0.481 e. The van der Waals surface area contributed by atoms with Gasteiger partial charge in [0.15, 0.2) is 0 Å². The molecule has 58 valence electrons. The summed E-state index contributed by atoms with van der Waals surface area (Å²) in [6.45, 7) is 4.39. The molecule has 0 bridgehead atoms. The highest BCUT2D eigenvalue weighted by atomic mass is 16.4. The molecule has 1 saturated carbocycles. The Balaban J connectivity index is 2.61. The fourth-order valence-electron chi connectivity index (χ4n) is 1.67. The number of carboxylic acids is 1. The molecule has 3 N–H and O–H groups in total. The van der Waals surface area contributed by atoms with Gasteiger partial charge in [0.05, 0.1) is 5.92 Å². The summed E-state index contributed by atoms with van der Waals surface area (Å²) in [5.74, 6) is -0.733. The van der Waals surface area contributed by atoms with Crippen molar-refractivity contribution < 1.29 is 9.90 Å². The van der Waals surface area contributed by atoms with Crippen molar-refractivity contribution in [3.8, 4) is 0 Å². The van der Waals surface area contributed by atoms with Gasteiger partial charge in [-0.15, -0.1) is 0 Å². The zero-order valence-corrected chi connectivity index (χ0v) is 6.29. The highest BCUT2D eigenvalue weighted by Crippen LogP contribution is 2.57. The Bertz CT molecular complexity index is 165. The van der Waals surface area contributed by atoms with E-state index in [1.807, 2.05) is 13.8 Å². The molecule has 0 aliphatic heterocycles. The topological polar surface area (TPSA) is 63.3 Å². The number of carboxylic acid groups (broad SMARTS) is 1. The van der Waals surface area contributed by atoms with E-state index >= 15 is 0 Å². The maximum atomic E-state index is 10.5. The van der Waals surface area contributed by atoms with Crippen molar-refractivity contribution in [2.24, 2.45) is 23.0 Å². The summed E-state index contributed by atoms with van der Waals surface area (Å²) in [5.41, 5.74) is 5.31. The van der Waals surface area contributed by atoms with Crippen LogP contribution in [-0.4, -0.2) is 17.6 Å². The van der Waals surface area contributed by atoms with Crippen molar-refractivity contribution in [2.75, 3.05) is 6.54 Å². The molecule has 0 heterocycles. The van der Waals surface area contributed by atoms with Crippen LogP contribution in [0.15, 0.2) is 0 Å². The molecule has 0 saturated heterocycles. The van der Waals surface area contributed by atoms with Crippen LogP contribution in [0.4, 0.5) is 0 Å². The number of hydrogen-bond donors (Lipinski definition) is 2. The average Bonchev–Trinajstić information content (AvgIpc) is 2.33. The van der Waals surface area contributed by atoms with Crippen LogP contribution in [0.2, 0.25) is 0 Å². The Hall–Kier alpha value is -0.570. The summed E-state index contributed by atoms with van der Waals surface area (Å²) < 4.78 is 0. The van der Waals surface area contributed by atoms with Crippen LogP contribution >= 0.6 is 0 Å². The van der Waals surface area contributed by atoms with Gasteiger partial charge >= 0.3 is 5.97 Å². The molecule has 0 spiro atoms. The first kappa shape index (κ1) is 7.54. The molecule has 1 rings (SSSR count). The zero-order valence-electron chi connectivity index (χ0n) is 6.29. The smallest absolute Gasteiger partial charge is 0.307 e. The van der Waals surface area contributed by atoms with Crippen LogP contribution in [0.5, 0.6) is 0 Å². The molecular formula is C7H13NO2. The first-order valence-corrected chi connectivity index (χ1v) is 3.44. The Kier molecular flexibility index (Phi) is 1.47. The third-order valence-electron chi connectivity index (χ3n) is 2.57. The number of aliphatic carboxylic acids is 1. The van der Waals surface area contributed by atoms with E-state index in [1.165, 1.54) is 0 Å². The molecule has 0 radical (unpaired) electrons. The molecule has 0 aromatic heterocycles. The third kappa shape index (κ3) is 0.814. The Labute approximate surface area is 60.2 Å². The maximum Gasteiger partial charge on any atom is 0.307 e. The van der Waals surface area contributed by atoms with E-state index < -0.39 is 5.97 Å². The molecule has 10 heavy (non-hydrogen) atoms. The summed E-state index contributed by atoms with van der Waals surface area (Å²) in [4.78, 5) is 10.5. The lowest BCUT2D eigenvalue weighted by Gasteiger charge is -1.96. The van der Waals surface area contributed by atoms with Gasteiger partial charge in [0.25, 0.3) is 0 Å². The largest absolute Gasteiger partial charge is 0.481 e. The van der Waals surface area contributed by atoms with Crippen LogP contribution in [0, 0.1) is 17.3 Å². The summed E-state index contributed by atoms with van der Waals surface area (Å²) in [6, 6.07) is 0. The fraction of sp³-hybridized carbons (Fsp3) is 0.857. The van der Waals surface area contributed by atoms with E-state index in [0.717, 1.165) is 0 Å². The molecule has 1 fully saturated rings. The Morgan fingerprint density at radius 1 is 1.70 bits per heavy atom. The van der Waals surface area contributed by atoms with Gasteiger partial charge in [-0.2, -0.15) is 0 Å². The normalized spacial score (nSPS) is 35.5. The third-order valence-corrected chi connectivity index (χ3v) is 2.57. The van der Waals surface area contributed by atoms with Gasteiger partial charge in [0.2, 0.25) is 0 Å². The quantitative estimate of drug-likeness (QED) is 0.584. The van der Waals surface area contributed by atoms with Gasteiger partial charge in [0, 0.05) is 0 Å². The van der Waals surface area contributed by atoms with E-state index in [0.29, 0.717) is 6.54 Å². The average molecular weight is 143 g/mol. The SMILES string of the molecule is CC1(C)C(CN)C1C(=O)O. The Morgan fingerprint density at radius 3 is 2.30 bits per heavy atom. The van der Waals surface area contributed by atoms with E-state index in [2.05, 4.69) is 0 Å². The molecule has 1 aliphatic rings. The van der Waals surface area contributed by atoms with Gasteiger partial charge in [-0.3, -0.25) is 4.79 Å². The molecule has 2 unspecified atom stereocenters. The van der Waals surface area contributed by atoms with Crippen molar-refractivity contribution in [1.82, 2.24) is 0 Å². The van der Waals surface area contributed by atoms with Gasteiger partial charge < -0.3 is 10.8 Å². The summed E-state index contributed by atoms with van der Waals surface area (Å²) in [5, 5.41) is 8.63. The fourth-order valence-corrected chi connectivity index (χ4v) is 1.67. The van der Waals surface area contributed by atoms with Crippen molar-refractivity contribution in [2.45, 2.75) is 13.8 Å². The highest BCUT2D eigenvalue weighted by Gasteiger charge is 2.61.